The molecule has 1 aliphatic carbocycles. The Morgan fingerprint density at radius 3 is 2.29 bits per heavy atom. The van der Waals surface area contributed by atoms with E-state index in [1.807, 2.05) is 24.3 Å². The maximum Gasteiger partial charge on any atom is 0.163 e. The predicted octanol–water partition coefficient (Wildman–Crippen LogP) is 6.21. The van der Waals surface area contributed by atoms with Crippen molar-refractivity contribution < 1.29 is 14.3 Å². The lowest BCUT2D eigenvalue weighted by Crippen LogP contribution is -2.33. The lowest BCUT2D eigenvalue weighted by molar-refractivity contribution is 0.0994. The van der Waals surface area contributed by atoms with Gasteiger partial charge in [-0.1, -0.05) is 61.0 Å². The van der Waals surface area contributed by atoms with Crippen LogP contribution in [0.25, 0.3) is 11.1 Å². The zero-order chi connectivity index (χ0) is 26.0. The minimum atomic E-state index is -0.652. The molecule has 2 heterocycles. The Balaban J connectivity index is 1.22. The number of benzene rings is 3. The molecule has 2 aliphatic heterocycles. The number of piperidine rings is 1. The molecule has 1 fully saturated rings. The molecule has 3 aromatic rings. The van der Waals surface area contributed by atoms with Gasteiger partial charge in [-0.2, -0.15) is 0 Å². The number of allylic oxidation sites excluding steroid dienone is 1. The number of nitrogens with zero attached hydrogens (tertiary/aromatic N) is 2. The van der Waals surface area contributed by atoms with Crippen molar-refractivity contribution in [2.24, 2.45) is 4.99 Å². The zero-order valence-electron chi connectivity index (χ0n) is 22.0. The number of Topliss-reactive ketones (excluding diaryl/α,β-unsaturated/α-hetero) is 1. The molecule has 194 valence electrons. The summed E-state index contributed by atoms with van der Waals surface area (Å²) in [4.78, 5) is 19.5. The van der Waals surface area contributed by atoms with E-state index in [1.54, 1.807) is 13.3 Å². The summed E-state index contributed by atoms with van der Waals surface area (Å²) in [5.74, 6) is 1.88. The van der Waals surface area contributed by atoms with Crippen LogP contribution in [-0.4, -0.2) is 50.2 Å². The summed E-state index contributed by atoms with van der Waals surface area (Å²) in [6, 6.07) is 23.0. The van der Waals surface area contributed by atoms with Crippen molar-refractivity contribution in [3.05, 3.63) is 101 Å². The van der Waals surface area contributed by atoms with Crippen molar-refractivity contribution in [3.63, 3.8) is 0 Å². The molecule has 5 heteroatoms. The Morgan fingerprint density at radius 1 is 0.868 bits per heavy atom. The van der Waals surface area contributed by atoms with E-state index in [0.717, 1.165) is 57.9 Å². The van der Waals surface area contributed by atoms with Gasteiger partial charge in [0.2, 0.25) is 0 Å². The van der Waals surface area contributed by atoms with Crippen LogP contribution < -0.4 is 4.74 Å². The third kappa shape index (κ3) is 4.79. The van der Waals surface area contributed by atoms with Gasteiger partial charge in [-0.05, 0) is 78.4 Å². The summed E-state index contributed by atoms with van der Waals surface area (Å²) in [6.07, 6.45) is 9.27. The number of aryl methyl sites for hydroxylation is 1. The molecule has 0 radical (unpaired) electrons. The fraction of sp³-hybridized carbons (Fsp3) is 0.333. The van der Waals surface area contributed by atoms with Crippen LogP contribution in [0.15, 0.2) is 83.6 Å². The molecule has 1 saturated heterocycles. The number of methoxy groups -OCH3 is 1. The molecular formula is C33H34N2O3. The monoisotopic (exact) mass is 506 g/mol. The molecule has 3 aliphatic rings. The topological polar surface area (TPSA) is 51.1 Å². The number of carbonyl (C=O) groups is 1. The second-order valence-electron chi connectivity index (χ2n) is 10.4. The van der Waals surface area contributed by atoms with Crippen LogP contribution in [0.4, 0.5) is 0 Å². The van der Waals surface area contributed by atoms with E-state index < -0.39 is 5.54 Å². The number of hydrogen-bond acceptors (Lipinski definition) is 5. The summed E-state index contributed by atoms with van der Waals surface area (Å²) in [5, 5.41) is 0. The Morgan fingerprint density at radius 2 is 1.58 bits per heavy atom. The van der Waals surface area contributed by atoms with E-state index in [-0.39, 0.29) is 5.78 Å². The molecule has 6 rings (SSSR count). The molecule has 0 amide bonds. The van der Waals surface area contributed by atoms with Crippen LogP contribution in [0.2, 0.25) is 0 Å². The lowest BCUT2D eigenvalue weighted by atomic mass is 9.83. The second kappa shape index (κ2) is 10.6. The standard InChI is InChI=1S/C33H34N2O3/c1-37-30-22-33(34-23-30,28-11-13-29(14-12-28)38-20-19-35-17-3-2-4-18-35)27-9-5-24(6-10-27)25-7-15-31-26(21-25)8-16-32(31)36/h5-7,9-15,21-23H,2-4,8,16-20H2,1H3. The smallest absolute Gasteiger partial charge is 0.163 e. The van der Waals surface area contributed by atoms with Crippen LogP contribution in [0, 0.1) is 0 Å². The van der Waals surface area contributed by atoms with Gasteiger partial charge in [0.1, 0.15) is 23.7 Å². The van der Waals surface area contributed by atoms with Crippen molar-refractivity contribution in [3.8, 4) is 16.9 Å². The highest BCUT2D eigenvalue weighted by molar-refractivity contribution is 6.01. The Kier molecular flexibility index (Phi) is 6.86. The van der Waals surface area contributed by atoms with E-state index in [2.05, 4.69) is 53.4 Å². The molecule has 1 atom stereocenters. The van der Waals surface area contributed by atoms with E-state index in [0.29, 0.717) is 13.0 Å². The Labute approximate surface area is 224 Å². The largest absolute Gasteiger partial charge is 0.495 e. The van der Waals surface area contributed by atoms with Crippen molar-refractivity contribution in [1.29, 1.82) is 0 Å². The first kappa shape index (κ1) is 24.6. The lowest BCUT2D eigenvalue weighted by Gasteiger charge is -2.27. The first-order valence-corrected chi connectivity index (χ1v) is 13.7. The summed E-state index contributed by atoms with van der Waals surface area (Å²) in [7, 11) is 1.68. The van der Waals surface area contributed by atoms with Crippen molar-refractivity contribution >= 4 is 12.0 Å². The fourth-order valence-corrected chi connectivity index (χ4v) is 5.87. The Hall–Kier alpha value is -3.70. The minimum Gasteiger partial charge on any atom is -0.495 e. The van der Waals surface area contributed by atoms with Crippen molar-refractivity contribution in [1.82, 2.24) is 4.90 Å². The third-order valence-corrected chi connectivity index (χ3v) is 8.09. The van der Waals surface area contributed by atoms with E-state index in [4.69, 9.17) is 14.5 Å². The van der Waals surface area contributed by atoms with Crippen LogP contribution in [0.5, 0.6) is 5.75 Å². The van der Waals surface area contributed by atoms with Gasteiger partial charge in [0.05, 0.1) is 13.3 Å². The molecule has 3 aromatic carbocycles. The molecule has 0 saturated carbocycles. The van der Waals surface area contributed by atoms with Crippen LogP contribution in [0.3, 0.4) is 0 Å². The van der Waals surface area contributed by atoms with Gasteiger partial charge >= 0.3 is 0 Å². The van der Waals surface area contributed by atoms with Gasteiger partial charge in [0.15, 0.2) is 5.78 Å². The van der Waals surface area contributed by atoms with Crippen LogP contribution in [0.1, 0.15) is 52.7 Å². The number of fused-ring (bicyclic) bond motifs is 1. The average molecular weight is 507 g/mol. The maximum atomic E-state index is 12.0. The maximum absolute atomic E-state index is 12.0. The van der Waals surface area contributed by atoms with E-state index >= 15 is 0 Å². The molecule has 0 bridgehead atoms. The average Bonchev–Trinajstić information content (AvgIpc) is 3.58. The van der Waals surface area contributed by atoms with Crippen molar-refractivity contribution in [2.75, 3.05) is 33.4 Å². The number of hydrogen-bond donors (Lipinski definition) is 0. The second-order valence-corrected chi connectivity index (χ2v) is 10.4. The number of ether oxygens (including phenoxy) is 2. The highest BCUT2D eigenvalue weighted by Crippen LogP contribution is 2.40. The molecule has 38 heavy (non-hydrogen) atoms. The Bertz CT molecular complexity index is 1370. The first-order valence-electron chi connectivity index (χ1n) is 13.7. The van der Waals surface area contributed by atoms with Gasteiger partial charge < -0.3 is 9.47 Å². The minimum absolute atomic E-state index is 0.252. The molecular weight excluding hydrogens is 472 g/mol. The number of likely N-dealkylation sites (tertiary alicyclic amines) is 1. The summed E-state index contributed by atoms with van der Waals surface area (Å²) >= 11 is 0. The number of rotatable bonds is 8. The predicted molar refractivity (Wildman–Crippen MR) is 151 cm³/mol. The van der Waals surface area contributed by atoms with Gasteiger partial charge in [0, 0.05) is 18.5 Å². The van der Waals surface area contributed by atoms with Gasteiger partial charge in [-0.3, -0.25) is 14.7 Å². The number of ketones is 1. The summed E-state index contributed by atoms with van der Waals surface area (Å²) in [6.45, 7) is 4.04. The third-order valence-electron chi connectivity index (χ3n) is 8.09. The molecule has 0 aromatic heterocycles. The van der Waals surface area contributed by atoms with Gasteiger partial charge in [-0.25, -0.2) is 0 Å². The summed E-state index contributed by atoms with van der Waals surface area (Å²) < 4.78 is 11.6. The van der Waals surface area contributed by atoms with Gasteiger partial charge in [-0.15, -0.1) is 0 Å². The van der Waals surface area contributed by atoms with Crippen molar-refractivity contribution in [2.45, 2.75) is 37.6 Å². The van der Waals surface area contributed by atoms with E-state index in [1.165, 1.54) is 32.4 Å². The summed E-state index contributed by atoms with van der Waals surface area (Å²) in [5.41, 5.74) is 5.77. The molecule has 0 N–H and O–H groups in total. The molecule has 5 nitrogen and oxygen atoms in total. The highest BCUT2D eigenvalue weighted by atomic mass is 16.5. The van der Waals surface area contributed by atoms with Crippen LogP contribution >= 0.6 is 0 Å². The number of carbonyl (C=O) groups excluding carboxylic acids is 1. The SMILES string of the molecule is COC1=CC(c2ccc(OCCN3CCCCC3)cc2)(c2ccc(-c3ccc4c(c3)CCC4=O)cc2)N=C1. The van der Waals surface area contributed by atoms with Crippen LogP contribution in [-0.2, 0) is 16.7 Å². The zero-order valence-corrected chi connectivity index (χ0v) is 22.0. The first-order chi connectivity index (χ1) is 18.6. The fourth-order valence-electron chi connectivity index (χ4n) is 5.87. The van der Waals surface area contributed by atoms with E-state index in [9.17, 15) is 4.79 Å². The van der Waals surface area contributed by atoms with Gasteiger partial charge in [0.25, 0.3) is 0 Å². The normalized spacial score (nSPS) is 20.9. The quantitative estimate of drug-likeness (QED) is 0.365. The molecule has 0 spiro atoms. The molecule has 1 unspecified atom stereocenters. The number of aliphatic imine (C=N–C) groups is 1. The highest BCUT2D eigenvalue weighted by Gasteiger charge is 2.35.